The number of nitrogens with zero attached hydrogens (tertiary/aromatic N) is 1. The van der Waals surface area contributed by atoms with Gasteiger partial charge in [0.25, 0.3) is 0 Å². The summed E-state index contributed by atoms with van der Waals surface area (Å²) in [7, 11) is -2.47. The molecule has 0 saturated carbocycles. The monoisotopic (exact) mass is 426 g/mol. The Morgan fingerprint density at radius 2 is 1.76 bits per heavy atom. The van der Waals surface area contributed by atoms with Crippen LogP contribution in [0.1, 0.15) is 5.56 Å². The molecule has 7 nitrogen and oxygen atoms in total. The van der Waals surface area contributed by atoms with Crippen molar-refractivity contribution >= 4 is 37.8 Å². The first-order valence-electron chi connectivity index (χ1n) is 7.16. The number of sulfonamides is 1. The number of nitrogens with two attached hydrogens (primary N) is 1. The maximum Gasteiger partial charge on any atom is 0.372 e. The van der Waals surface area contributed by atoms with E-state index in [1.165, 1.54) is 19.2 Å². The molecule has 0 amide bonds. The average molecular weight is 427 g/mol. The summed E-state index contributed by atoms with van der Waals surface area (Å²) >= 11 is 3.30. The Morgan fingerprint density at radius 1 is 1.16 bits per heavy atom. The molecular formula is C16H17BrN3O4S+. The maximum absolute atomic E-state index is 12.3. The van der Waals surface area contributed by atoms with Crippen molar-refractivity contribution in [2.24, 2.45) is 5.73 Å². The van der Waals surface area contributed by atoms with E-state index >= 15 is 0 Å². The highest BCUT2D eigenvalue weighted by Gasteiger charge is 2.24. The van der Waals surface area contributed by atoms with Crippen molar-refractivity contribution in [2.45, 2.75) is 4.90 Å². The van der Waals surface area contributed by atoms with Crippen LogP contribution in [0.4, 0.5) is 0 Å². The van der Waals surface area contributed by atoms with Gasteiger partial charge in [-0.3, -0.25) is 10.6 Å². The number of likely N-dealkylation sites (N-methyl/N-ethyl adjacent to an activating group) is 1. The van der Waals surface area contributed by atoms with E-state index in [2.05, 4.69) is 21.1 Å². The van der Waals surface area contributed by atoms with E-state index in [1.807, 2.05) is 0 Å². The highest BCUT2D eigenvalue weighted by Crippen LogP contribution is 2.13. The number of nitrogens with one attached hydrogen (secondary N) is 1. The number of hydrogen-bond donors (Lipinski definition) is 2. The molecule has 9 heteroatoms. The summed E-state index contributed by atoms with van der Waals surface area (Å²) in [6.07, 6.45) is 0. The minimum atomic E-state index is -3.77. The lowest BCUT2D eigenvalue weighted by molar-refractivity contribution is -0.723. The molecule has 0 fully saturated rings. The molecule has 0 aromatic heterocycles. The van der Waals surface area contributed by atoms with Crippen LogP contribution in [-0.4, -0.2) is 38.1 Å². The molecule has 0 bridgehead atoms. The lowest BCUT2D eigenvalue weighted by atomic mass is 10.2. The summed E-state index contributed by atoms with van der Waals surface area (Å²) in [6, 6.07) is 14.8. The molecule has 0 heterocycles. The second-order valence-corrected chi connectivity index (χ2v) is 8.03. The van der Waals surface area contributed by atoms with Crippen LogP contribution in [0.2, 0.25) is 0 Å². The molecule has 2 aromatic rings. The van der Waals surface area contributed by atoms with Crippen molar-refractivity contribution in [1.82, 2.24) is 4.31 Å². The van der Waals surface area contributed by atoms with Gasteiger partial charge in [-0.05, 0) is 36.4 Å². The third-order valence-corrected chi connectivity index (χ3v) is 5.58. The first kappa shape index (κ1) is 19.1. The fourth-order valence-corrected chi connectivity index (χ4v) is 3.27. The number of halogens is 1. The summed E-state index contributed by atoms with van der Waals surface area (Å²) in [5.41, 5.74) is 6.41. The van der Waals surface area contributed by atoms with Crippen LogP contribution >= 0.6 is 15.9 Å². The molecule has 0 radical (unpaired) electrons. The van der Waals surface area contributed by atoms with E-state index < -0.39 is 22.5 Å². The summed E-state index contributed by atoms with van der Waals surface area (Å²) in [5, 5.41) is 2.32. The number of benzene rings is 2. The Morgan fingerprint density at radius 3 is 2.36 bits per heavy atom. The Kier molecular flexibility index (Phi) is 6.29. The molecule has 0 saturated heterocycles. The molecule has 132 valence electrons. The predicted molar refractivity (Wildman–Crippen MR) is 95.8 cm³/mol. The molecule has 0 aliphatic carbocycles. The Hall–Kier alpha value is -2.23. The molecular weight excluding hydrogens is 410 g/mol. The smallest absolute Gasteiger partial charge is 0.284 e. The minimum absolute atomic E-state index is 0.0965. The topological polar surface area (TPSA) is 104 Å². The SMILES string of the molecule is CN(CC(=O)O[NH+]=C(N)c1ccc(Br)cc1)S(=O)(=O)c1ccccc1. The second kappa shape index (κ2) is 8.24. The van der Waals surface area contributed by atoms with Crippen molar-refractivity contribution in [1.29, 1.82) is 0 Å². The van der Waals surface area contributed by atoms with Crippen molar-refractivity contribution in [2.75, 3.05) is 13.6 Å². The van der Waals surface area contributed by atoms with Crippen LogP contribution in [0.25, 0.3) is 0 Å². The lowest BCUT2D eigenvalue weighted by Gasteiger charge is -2.14. The molecule has 0 spiro atoms. The van der Waals surface area contributed by atoms with Crippen LogP contribution in [0.15, 0.2) is 64.0 Å². The van der Waals surface area contributed by atoms with Crippen LogP contribution in [0, 0.1) is 0 Å². The number of amidine groups is 1. The van der Waals surface area contributed by atoms with Crippen LogP contribution in [0.3, 0.4) is 0 Å². The van der Waals surface area contributed by atoms with Gasteiger partial charge in [0.1, 0.15) is 6.54 Å². The summed E-state index contributed by atoms with van der Waals surface area (Å²) in [6.45, 7) is -0.460. The molecule has 2 aromatic carbocycles. The molecule has 0 aliphatic heterocycles. The zero-order valence-corrected chi connectivity index (χ0v) is 15.7. The molecule has 2 rings (SSSR count). The van der Waals surface area contributed by atoms with Crippen LogP contribution in [0.5, 0.6) is 0 Å². The predicted octanol–water partition coefficient (Wildman–Crippen LogP) is 0.0139. The number of nitrogen functional groups attached to an aromatic ring is 1. The highest BCUT2D eigenvalue weighted by molar-refractivity contribution is 9.10. The Labute approximate surface area is 154 Å². The van der Waals surface area contributed by atoms with Gasteiger partial charge in [-0.25, -0.2) is 13.2 Å². The zero-order chi connectivity index (χ0) is 18.4. The fourth-order valence-electron chi connectivity index (χ4n) is 1.87. The van der Waals surface area contributed by atoms with E-state index in [1.54, 1.807) is 42.5 Å². The molecule has 0 atom stereocenters. The van der Waals surface area contributed by atoms with E-state index in [-0.39, 0.29) is 10.7 Å². The molecule has 0 unspecified atom stereocenters. The molecule has 25 heavy (non-hydrogen) atoms. The van der Waals surface area contributed by atoms with E-state index in [4.69, 9.17) is 10.6 Å². The first-order valence-corrected chi connectivity index (χ1v) is 9.39. The molecule has 0 aliphatic rings. The van der Waals surface area contributed by atoms with Gasteiger partial charge in [0, 0.05) is 11.5 Å². The van der Waals surface area contributed by atoms with Gasteiger partial charge in [0.2, 0.25) is 10.0 Å². The summed E-state index contributed by atoms with van der Waals surface area (Å²) in [4.78, 5) is 16.8. The summed E-state index contributed by atoms with van der Waals surface area (Å²) < 4.78 is 26.4. The van der Waals surface area contributed by atoms with Gasteiger partial charge >= 0.3 is 11.8 Å². The average Bonchev–Trinajstić information content (AvgIpc) is 2.61. The number of carbonyl (C=O) groups is 1. The minimum Gasteiger partial charge on any atom is -0.284 e. The van der Waals surface area contributed by atoms with Crippen molar-refractivity contribution < 1.29 is 23.2 Å². The Bertz CT molecular complexity index is 868. The number of carbonyl (C=O) groups excluding carboxylic acids is 1. The van der Waals surface area contributed by atoms with Crippen LogP contribution < -0.4 is 10.9 Å². The zero-order valence-electron chi connectivity index (χ0n) is 13.3. The number of hydrogen-bond acceptors (Lipinski definition) is 4. The van der Waals surface area contributed by atoms with Crippen molar-refractivity contribution in [3.05, 3.63) is 64.6 Å². The normalized spacial score (nSPS) is 12.2. The first-order chi connectivity index (χ1) is 11.8. The van der Waals surface area contributed by atoms with Gasteiger partial charge in [-0.2, -0.15) is 4.31 Å². The van der Waals surface area contributed by atoms with E-state index in [9.17, 15) is 13.2 Å². The van der Waals surface area contributed by atoms with Crippen molar-refractivity contribution in [3.8, 4) is 0 Å². The van der Waals surface area contributed by atoms with Crippen LogP contribution in [-0.2, 0) is 19.7 Å². The number of rotatable bonds is 6. The van der Waals surface area contributed by atoms with Gasteiger partial charge in [-0.1, -0.05) is 39.3 Å². The largest absolute Gasteiger partial charge is 0.372 e. The molecule has 3 N–H and O–H groups in total. The third kappa shape index (κ3) is 5.12. The van der Waals surface area contributed by atoms with E-state index in [0.29, 0.717) is 5.56 Å². The highest BCUT2D eigenvalue weighted by atomic mass is 79.9. The standard InChI is InChI=1S/C16H16BrN3O4S/c1-20(25(22,23)14-5-3-2-4-6-14)11-15(21)24-19-16(18)12-7-9-13(17)10-8-12/h2-10H,11H2,1H3,(H2,18,19)/p+1. The Balaban J connectivity index is 2.00. The van der Waals surface area contributed by atoms with Gasteiger partial charge in [-0.15, -0.1) is 0 Å². The van der Waals surface area contributed by atoms with Gasteiger partial charge < -0.3 is 0 Å². The third-order valence-electron chi connectivity index (χ3n) is 3.23. The maximum atomic E-state index is 12.3. The van der Waals surface area contributed by atoms with Crippen molar-refractivity contribution in [3.63, 3.8) is 0 Å². The second-order valence-electron chi connectivity index (χ2n) is 5.07. The van der Waals surface area contributed by atoms with Gasteiger partial charge in [0.15, 0.2) is 0 Å². The lowest BCUT2D eigenvalue weighted by Crippen LogP contribution is -2.76. The van der Waals surface area contributed by atoms with E-state index in [0.717, 1.165) is 8.78 Å². The summed E-state index contributed by atoms with van der Waals surface area (Å²) in [5.74, 6) is -0.656. The van der Waals surface area contributed by atoms with Gasteiger partial charge in [0.05, 0.1) is 10.5 Å². The fraction of sp³-hybridized carbons (Fsp3) is 0.125. The quantitative estimate of drug-likeness (QED) is 0.293.